The Morgan fingerprint density at radius 2 is 2.15 bits per heavy atom. The normalized spacial score (nSPS) is 17.5. The molecular weight excluding hydrogens is 262 g/mol. The zero-order chi connectivity index (χ0) is 14.9. The largest absolute Gasteiger partial charge is 0.478 e. The minimum absolute atomic E-state index is 0.150. The third-order valence-electron chi connectivity index (χ3n) is 3.34. The molecule has 1 aliphatic rings. The topological polar surface area (TPSA) is 99.6 Å². The van der Waals surface area contributed by atoms with Crippen molar-refractivity contribution in [2.24, 2.45) is 0 Å². The number of carboxylic acid groups (broad SMARTS) is 1. The molecule has 0 atom stereocenters. The van der Waals surface area contributed by atoms with Crippen LogP contribution in [0.1, 0.15) is 34.7 Å². The second-order valence-electron chi connectivity index (χ2n) is 4.98. The molecule has 0 aliphatic carbocycles. The number of carboxylic acids is 1. The molecule has 2 rings (SSSR count). The Hall–Kier alpha value is -2.44. The molecule has 1 aromatic rings. The predicted molar refractivity (Wildman–Crippen MR) is 69.3 cm³/mol. The van der Waals surface area contributed by atoms with Crippen molar-refractivity contribution in [2.75, 3.05) is 13.1 Å². The summed E-state index contributed by atoms with van der Waals surface area (Å²) in [6.45, 7) is 3.88. The number of nitrogens with zero attached hydrogens (tertiary/aromatic N) is 2. The summed E-state index contributed by atoms with van der Waals surface area (Å²) in [5.74, 6) is -2.05. The van der Waals surface area contributed by atoms with E-state index in [0.29, 0.717) is 13.1 Å². The predicted octanol–water partition coefficient (Wildman–Crippen LogP) is 0.130. The standard InChI is InChI=1S/C13H15N3O4/c1-13(2)12(20)15-6-7-16(13)10(17)9-8(11(18)19)4-3-5-14-9/h3-5H,6-7H2,1-2H3,(H,15,20)(H,18,19). The van der Waals surface area contributed by atoms with Gasteiger partial charge in [-0.3, -0.25) is 14.6 Å². The van der Waals surface area contributed by atoms with Gasteiger partial charge in [0.1, 0.15) is 11.2 Å². The summed E-state index contributed by atoms with van der Waals surface area (Å²) in [5.41, 5.74) is -1.36. The van der Waals surface area contributed by atoms with Gasteiger partial charge in [0.25, 0.3) is 5.91 Å². The van der Waals surface area contributed by atoms with Gasteiger partial charge in [0.2, 0.25) is 5.91 Å². The van der Waals surface area contributed by atoms with Crippen molar-refractivity contribution in [3.05, 3.63) is 29.6 Å². The number of carbonyl (C=O) groups is 3. The number of aromatic nitrogens is 1. The minimum Gasteiger partial charge on any atom is -0.478 e. The van der Waals surface area contributed by atoms with Crippen molar-refractivity contribution >= 4 is 17.8 Å². The van der Waals surface area contributed by atoms with Crippen LogP contribution in [0.25, 0.3) is 0 Å². The molecule has 20 heavy (non-hydrogen) atoms. The van der Waals surface area contributed by atoms with Crippen LogP contribution in [-0.4, -0.2) is 51.4 Å². The number of hydrogen-bond donors (Lipinski definition) is 2. The molecule has 7 heteroatoms. The Bertz CT molecular complexity index is 583. The summed E-state index contributed by atoms with van der Waals surface area (Å²) < 4.78 is 0. The highest BCUT2D eigenvalue weighted by Gasteiger charge is 2.41. The van der Waals surface area contributed by atoms with E-state index >= 15 is 0 Å². The van der Waals surface area contributed by atoms with Crippen LogP contribution in [0.5, 0.6) is 0 Å². The van der Waals surface area contributed by atoms with Crippen molar-refractivity contribution < 1.29 is 19.5 Å². The molecule has 0 saturated carbocycles. The molecule has 2 amide bonds. The fourth-order valence-electron chi connectivity index (χ4n) is 2.13. The fourth-order valence-corrected chi connectivity index (χ4v) is 2.13. The van der Waals surface area contributed by atoms with E-state index in [1.807, 2.05) is 0 Å². The lowest BCUT2D eigenvalue weighted by atomic mass is 9.97. The van der Waals surface area contributed by atoms with E-state index in [2.05, 4.69) is 10.3 Å². The van der Waals surface area contributed by atoms with Crippen LogP contribution in [0.4, 0.5) is 0 Å². The van der Waals surface area contributed by atoms with Crippen LogP contribution in [0, 0.1) is 0 Å². The van der Waals surface area contributed by atoms with E-state index in [0.717, 1.165) is 0 Å². The van der Waals surface area contributed by atoms with Gasteiger partial charge in [-0.05, 0) is 26.0 Å². The first kappa shape index (κ1) is 14.0. The van der Waals surface area contributed by atoms with Gasteiger partial charge < -0.3 is 15.3 Å². The summed E-state index contributed by atoms with van der Waals surface area (Å²) in [4.78, 5) is 40.7. The van der Waals surface area contributed by atoms with Gasteiger partial charge in [0, 0.05) is 19.3 Å². The maximum Gasteiger partial charge on any atom is 0.338 e. The molecule has 106 valence electrons. The molecule has 0 radical (unpaired) electrons. The summed E-state index contributed by atoms with van der Waals surface area (Å²) in [7, 11) is 0. The fraction of sp³-hybridized carbons (Fsp3) is 0.385. The molecule has 1 saturated heterocycles. The summed E-state index contributed by atoms with van der Waals surface area (Å²) in [6.07, 6.45) is 1.36. The Morgan fingerprint density at radius 1 is 1.45 bits per heavy atom. The monoisotopic (exact) mass is 277 g/mol. The van der Waals surface area contributed by atoms with Crippen LogP contribution < -0.4 is 5.32 Å². The Balaban J connectivity index is 2.41. The smallest absolute Gasteiger partial charge is 0.338 e. The molecule has 1 aromatic heterocycles. The van der Waals surface area contributed by atoms with Crippen LogP contribution >= 0.6 is 0 Å². The van der Waals surface area contributed by atoms with Crippen LogP contribution in [0.15, 0.2) is 18.3 Å². The van der Waals surface area contributed by atoms with Crippen molar-refractivity contribution in [3.63, 3.8) is 0 Å². The van der Waals surface area contributed by atoms with E-state index in [1.165, 1.54) is 23.2 Å². The molecule has 0 spiro atoms. The van der Waals surface area contributed by atoms with E-state index in [-0.39, 0.29) is 17.2 Å². The van der Waals surface area contributed by atoms with Crippen molar-refractivity contribution in [2.45, 2.75) is 19.4 Å². The Morgan fingerprint density at radius 3 is 2.80 bits per heavy atom. The molecular formula is C13H15N3O4. The SMILES string of the molecule is CC1(C)C(=O)NCCN1C(=O)c1ncccc1C(=O)O. The number of hydrogen-bond acceptors (Lipinski definition) is 4. The summed E-state index contributed by atoms with van der Waals surface area (Å²) >= 11 is 0. The van der Waals surface area contributed by atoms with Gasteiger partial charge in [-0.15, -0.1) is 0 Å². The quantitative estimate of drug-likeness (QED) is 0.800. The van der Waals surface area contributed by atoms with E-state index in [4.69, 9.17) is 5.11 Å². The molecule has 0 unspecified atom stereocenters. The molecule has 0 bridgehead atoms. The van der Waals surface area contributed by atoms with Crippen molar-refractivity contribution in [3.8, 4) is 0 Å². The number of pyridine rings is 1. The lowest BCUT2D eigenvalue weighted by molar-refractivity contribution is -0.133. The summed E-state index contributed by atoms with van der Waals surface area (Å²) in [5, 5.41) is 11.8. The van der Waals surface area contributed by atoms with E-state index < -0.39 is 17.4 Å². The first-order valence-electron chi connectivity index (χ1n) is 6.14. The van der Waals surface area contributed by atoms with Gasteiger partial charge >= 0.3 is 5.97 Å². The van der Waals surface area contributed by atoms with Gasteiger partial charge in [0.05, 0.1) is 5.56 Å². The highest BCUT2D eigenvalue weighted by atomic mass is 16.4. The van der Waals surface area contributed by atoms with Crippen LogP contribution in [0.2, 0.25) is 0 Å². The average molecular weight is 277 g/mol. The Labute approximate surface area is 115 Å². The maximum absolute atomic E-state index is 12.5. The minimum atomic E-state index is -1.22. The third kappa shape index (κ3) is 2.22. The zero-order valence-electron chi connectivity index (χ0n) is 11.2. The molecule has 1 aliphatic heterocycles. The van der Waals surface area contributed by atoms with Gasteiger partial charge in [-0.2, -0.15) is 0 Å². The van der Waals surface area contributed by atoms with Crippen LogP contribution in [0.3, 0.4) is 0 Å². The first-order valence-corrected chi connectivity index (χ1v) is 6.14. The average Bonchev–Trinajstić information content (AvgIpc) is 2.41. The molecule has 7 nitrogen and oxygen atoms in total. The highest BCUT2D eigenvalue weighted by Crippen LogP contribution is 2.21. The second-order valence-corrected chi connectivity index (χ2v) is 4.98. The second kappa shape index (κ2) is 4.92. The van der Waals surface area contributed by atoms with E-state index in [9.17, 15) is 14.4 Å². The lowest BCUT2D eigenvalue weighted by Gasteiger charge is -2.41. The van der Waals surface area contributed by atoms with Crippen molar-refractivity contribution in [1.29, 1.82) is 0 Å². The van der Waals surface area contributed by atoms with E-state index in [1.54, 1.807) is 13.8 Å². The summed E-state index contributed by atoms with van der Waals surface area (Å²) in [6, 6.07) is 2.77. The number of nitrogens with one attached hydrogen (secondary N) is 1. The molecule has 2 heterocycles. The van der Waals surface area contributed by atoms with Gasteiger partial charge in [-0.1, -0.05) is 0 Å². The zero-order valence-corrected chi connectivity index (χ0v) is 11.2. The third-order valence-corrected chi connectivity index (χ3v) is 3.34. The number of amides is 2. The molecule has 0 aromatic carbocycles. The number of rotatable bonds is 2. The number of piperazine rings is 1. The molecule has 1 fully saturated rings. The number of aromatic carboxylic acids is 1. The Kier molecular flexibility index (Phi) is 3.44. The first-order chi connectivity index (χ1) is 9.35. The maximum atomic E-state index is 12.5. The number of carbonyl (C=O) groups excluding carboxylic acids is 2. The molecule has 2 N–H and O–H groups in total. The lowest BCUT2D eigenvalue weighted by Crippen LogP contribution is -2.63. The van der Waals surface area contributed by atoms with Gasteiger partial charge in [0.15, 0.2) is 0 Å². The van der Waals surface area contributed by atoms with Crippen LogP contribution in [-0.2, 0) is 4.79 Å². The highest BCUT2D eigenvalue weighted by molar-refractivity contribution is 6.05. The van der Waals surface area contributed by atoms with Crippen molar-refractivity contribution in [1.82, 2.24) is 15.2 Å². The van der Waals surface area contributed by atoms with Gasteiger partial charge in [-0.25, -0.2) is 4.79 Å².